The van der Waals surface area contributed by atoms with Crippen molar-refractivity contribution in [2.75, 3.05) is 53.5 Å². The SMILES string of the molecule is Cc1cc(OCCN(C)C)cc(-c2cc3c(-c4nc5c(-c6cc(F)cc(OCCN7CCCC7)c6)nccc5[nH]4)n[nH]c3cn2)c1. The minimum Gasteiger partial charge on any atom is -0.492 e. The van der Waals surface area contributed by atoms with Crippen LogP contribution in [0, 0.1) is 12.7 Å². The second-order valence-corrected chi connectivity index (χ2v) is 12.1. The Morgan fingerprint density at radius 2 is 1.70 bits per heavy atom. The smallest absolute Gasteiger partial charge is 0.159 e. The van der Waals surface area contributed by atoms with Gasteiger partial charge in [0.15, 0.2) is 5.82 Å². The van der Waals surface area contributed by atoms with Gasteiger partial charge in [-0.25, -0.2) is 9.37 Å². The molecule has 7 rings (SSSR count). The number of rotatable bonds is 11. The maximum Gasteiger partial charge on any atom is 0.159 e. The van der Waals surface area contributed by atoms with Crippen molar-refractivity contribution >= 4 is 21.9 Å². The molecule has 0 amide bonds. The largest absolute Gasteiger partial charge is 0.492 e. The van der Waals surface area contributed by atoms with E-state index in [1.165, 1.54) is 25.0 Å². The fourth-order valence-electron chi connectivity index (χ4n) is 5.92. The molecule has 1 saturated heterocycles. The van der Waals surface area contributed by atoms with Crippen LogP contribution in [0.1, 0.15) is 18.4 Å². The molecule has 2 aromatic carbocycles. The van der Waals surface area contributed by atoms with Crippen LogP contribution in [0.2, 0.25) is 0 Å². The van der Waals surface area contributed by atoms with Gasteiger partial charge in [0.25, 0.3) is 0 Å². The molecular weight excluding hydrogens is 583 g/mol. The second kappa shape index (κ2) is 12.9. The van der Waals surface area contributed by atoms with E-state index in [9.17, 15) is 4.39 Å². The number of H-pyrrole nitrogens is 2. The van der Waals surface area contributed by atoms with Gasteiger partial charge in [-0.2, -0.15) is 5.10 Å². The molecule has 1 aliphatic heterocycles. The summed E-state index contributed by atoms with van der Waals surface area (Å²) >= 11 is 0. The Kier molecular flexibility index (Phi) is 8.33. The molecule has 236 valence electrons. The zero-order valence-electron chi connectivity index (χ0n) is 26.3. The van der Waals surface area contributed by atoms with E-state index >= 15 is 0 Å². The standard InChI is InChI=1S/C35H37FN8O2/c1-22-14-23(17-26(15-22)45-12-10-43(2)3)30-20-28-31(21-38-30)41-42-33(28)35-39-29-6-7-37-32(34(29)40-35)24-16-25(36)19-27(18-24)46-13-11-44-8-4-5-9-44/h6-7,14-21H,4-5,8-13H2,1-3H3,(H,39,40)(H,41,42). The number of halogens is 1. The molecule has 0 radical (unpaired) electrons. The molecule has 11 heteroatoms. The van der Waals surface area contributed by atoms with Gasteiger partial charge in [-0.15, -0.1) is 0 Å². The molecule has 0 aliphatic carbocycles. The summed E-state index contributed by atoms with van der Waals surface area (Å²) in [5.74, 6) is 1.47. The number of hydrogen-bond donors (Lipinski definition) is 2. The maximum absolute atomic E-state index is 14.8. The first-order valence-electron chi connectivity index (χ1n) is 15.6. The Morgan fingerprint density at radius 1 is 0.891 bits per heavy atom. The average molecular weight is 621 g/mol. The number of likely N-dealkylation sites (tertiary alicyclic amines) is 1. The number of nitrogens with zero attached hydrogens (tertiary/aromatic N) is 6. The topological polar surface area (TPSA) is 108 Å². The fourth-order valence-corrected chi connectivity index (χ4v) is 5.92. The van der Waals surface area contributed by atoms with Gasteiger partial charge >= 0.3 is 0 Å². The molecule has 0 bridgehead atoms. The summed E-state index contributed by atoms with van der Waals surface area (Å²) in [6.45, 7) is 6.98. The third-order valence-electron chi connectivity index (χ3n) is 8.25. The van der Waals surface area contributed by atoms with Crippen molar-refractivity contribution in [1.29, 1.82) is 0 Å². The lowest BCUT2D eigenvalue weighted by molar-refractivity contribution is 0.237. The highest BCUT2D eigenvalue weighted by atomic mass is 19.1. The summed E-state index contributed by atoms with van der Waals surface area (Å²) in [7, 11) is 4.05. The van der Waals surface area contributed by atoms with E-state index in [1.807, 2.05) is 51.4 Å². The Balaban J connectivity index is 1.19. The van der Waals surface area contributed by atoms with Gasteiger partial charge in [-0.1, -0.05) is 0 Å². The van der Waals surface area contributed by atoms with Crippen LogP contribution in [0.15, 0.2) is 60.9 Å². The number of fused-ring (bicyclic) bond motifs is 2. The molecule has 0 atom stereocenters. The van der Waals surface area contributed by atoms with Gasteiger partial charge in [0, 0.05) is 41.9 Å². The summed E-state index contributed by atoms with van der Waals surface area (Å²) in [4.78, 5) is 22.1. The van der Waals surface area contributed by atoms with Crippen molar-refractivity contribution in [3.05, 3.63) is 72.3 Å². The molecule has 10 nitrogen and oxygen atoms in total. The van der Waals surface area contributed by atoms with E-state index in [-0.39, 0.29) is 5.82 Å². The first-order chi connectivity index (χ1) is 22.4. The van der Waals surface area contributed by atoms with Crippen molar-refractivity contribution in [3.63, 3.8) is 0 Å². The Hall–Kier alpha value is -4.87. The van der Waals surface area contributed by atoms with Crippen molar-refractivity contribution in [1.82, 2.24) is 39.9 Å². The summed E-state index contributed by atoms with van der Waals surface area (Å²) in [6.07, 6.45) is 5.92. The Labute approximate surface area is 266 Å². The number of likely N-dealkylation sites (N-methyl/N-ethyl adjacent to an activating group) is 1. The Bertz CT molecular complexity index is 2000. The van der Waals surface area contributed by atoms with Crippen molar-refractivity contribution in [3.8, 4) is 45.5 Å². The second-order valence-electron chi connectivity index (χ2n) is 12.1. The lowest BCUT2D eigenvalue weighted by Gasteiger charge is -2.15. The quantitative estimate of drug-likeness (QED) is 0.179. The number of hydrogen-bond acceptors (Lipinski definition) is 8. The van der Waals surface area contributed by atoms with Crippen LogP contribution in [0.4, 0.5) is 4.39 Å². The predicted octanol–water partition coefficient (Wildman–Crippen LogP) is 6.09. The summed E-state index contributed by atoms with van der Waals surface area (Å²) in [6, 6.07) is 14.7. The van der Waals surface area contributed by atoms with Crippen LogP contribution in [-0.4, -0.2) is 93.4 Å². The van der Waals surface area contributed by atoms with Crippen LogP contribution in [0.25, 0.3) is 56.0 Å². The van der Waals surface area contributed by atoms with E-state index in [4.69, 9.17) is 19.4 Å². The average Bonchev–Trinajstić information content (AvgIpc) is 3.80. The number of aromatic nitrogens is 6. The zero-order chi connectivity index (χ0) is 31.6. The molecule has 0 spiro atoms. The van der Waals surface area contributed by atoms with Crippen LogP contribution in [0.3, 0.4) is 0 Å². The fraction of sp³-hybridized carbons (Fsp3) is 0.314. The lowest BCUT2D eigenvalue weighted by atomic mass is 10.1. The van der Waals surface area contributed by atoms with Crippen LogP contribution in [0.5, 0.6) is 11.5 Å². The number of ether oxygens (including phenoxy) is 2. The predicted molar refractivity (Wildman–Crippen MR) is 178 cm³/mol. The van der Waals surface area contributed by atoms with E-state index in [0.717, 1.165) is 65.2 Å². The first kappa shape index (κ1) is 29.8. The number of aryl methyl sites for hydroxylation is 1. The zero-order valence-corrected chi connectivity index (χ0v) is 26.3. The molecule has 0 unspecified atom stereocenters. The highest BCUT2D eigenvalue weighted by Crippen LogP contribution is 2.34. The molecule has 6 aromatic rings. The molecule has 4 aromatic heterocycles. The molecule has 46 heavy (non-hydrogen) atoms. The summed E-state index contributed by atoms with van der Waals surface area (Å²) in [5, 5.41) is 8.55. The molecule has 2 N–H and O–H groups in total. The van der Waals surface area contributed by atoms with Crippen molar-refractivity contribution in [2.24, 2.45) is 0 Å². The minimum atomic E-state index is -0.385. The van der Waals surface area contributed by atoms with E-state index in [1.54, 1.807) is 12.4 Å². The van der Waals surface area contributed by atoms with Gasteiger partial charge in [0.1, 0.15) is 41.7 Å². The maximum atomic E-state index is 14.8. The van der Waals surface area contributed by atoms with Crippen LogP contribution in [-0.2, 0) is 0 Å². The van der Waals surface area contributed by atoms with Crippen LogP contribution >= 0.6 is 0 Å². The molecule has 5 heterocycles. The van der Waals surface area contributed by atoms with Crippen molar-refractivity contribution < 1.29 is 13.9 Å². The van der Waals surface area contributed by atoms with Crippen LogP contribution < -0.4 is 9.47 Å². The van der Waals surface area contributed by atoms with Gasteiger partial charge in [-0.05, 0) is 95.0 Å². The number of benzene rings is 2. The highest BCUT2D eigenvalue weighted by Gasteiger charge is 2.18. The molecule has 0 saturated carbocycles. The van der Waals surface area contributed by atoms with Gasteiger partial charge in [0.05, 0.1) is 28.6 Å². The molecule has 1 aliphatic rings. The summed E-state index contributed by atoms with van der Waals surface area (Å²) in [5.41, 5.74) is 6.82. The number of pyridine rings is 2. The molecular formula is C35H37FN8O2. The van der Waals surface area contributed by atoms with E-state index < -0.39 is 0 Å². The van der Waals surface area contributed by atoms with Gasteiger partial charge < -0.3 is 19.4 Å². The van der Waals surface area contributed by atoms with Crippen molar-refractivity contribution in [2.45, 2.75) is 19.8 Å². The number of imidazole rings is 1. The monoisotopic (exact) mass is 620 g/mol. The summed E-state index contributed by atoms with van der Waals surface area (Å²) < 4.78 is 26.8. The van der Waals surface area contributed by atoms with E-state index in [2.05, 4.69) is 36.0 Å². The Morgan fingerprint density at radius 3 is 2.54 bits per heavy atom. The minimum absolute atomic E-state index is 0.385. The highest BCUT2D eigenvalue weighted by molar-refractivity contribution is 5.97. The molecule has 1 fully saturated rings. The number of nitrogens with one attached hydrogen (secondary N) is 2. The van der Waals surface area contributed by atoms with Gasteiger partial charge in [-0.3, -0.25) is 20.0 Å². The normalized spacial score (nSPS) is 13.8. The van der Waals surface area contributed by atoms with E-state index in [0.29, 0.717) is 47.3 Å². The first-order valence-corrected chi connectivity index (χ1v) is 15.6. The third kappa shape index (κ3) is 6.42. The number of aromatic amines is 2. The van der Waals surface area contributed by atoms with Gasteiger partial charge in [0.2, 0.25) is 0 Å². The lowest BCUT2D eigenvalue weighted by Crippen LogP contribution is -2.25. The third-order valence-corrected chi connectivity index (χ3v) is 8.25.